The van der Waals surface area contributed by atoms with E-state index in [4.69, 9.17) is 23.2 Å². The van der Waals surface area contributed by atoms with Crippen LogP contribution in [0, 0.1) is 5.92 Å². The van der Waals surface area contributed by atoms with Gasteiger partial charge in [-0.05, 0) is 37.8 Å². The van der Waals surface area contributed by atoms with Gasteiger partial charge >= 0.3 is 0 Å². The topological polar surface area (TPSA) is 66.5 Å². The van der Waals surface area contributed by atoms with Crippen LogP contribution in [0.3, 0.4) is 0 Å². The predicted octanol–water partition coefficient (Wildman–Crippen LogP) is 4.33. The van der Waals surface area contributed by atoms with Crippen LogP contribution in [-0.4, -0.2) is 49.3 Å². The van der Waals surface area contributed by atoms with Crippen LogP contribution in [0.4, 0.5) is 0 Å². The van der Waals surface area contributed by atoms with Crippen LogP contribution in [0.25, 0.3) is 0 Å². The number of sulfonamides is 1. The quantitative estimate of drug-likeness (QED) is 0.564. The van der Waals surface area contributed by atoms with E-state index in [1.54, 1.807) is 18.2 Å². The molecule has 1 aromatic carbocycles. The Bertz CT molecular complexity index is 786. The van der Waals surface area contributed by atoms with E-state index in [1.807, 2.05) is 11.8 Å². The standard InChI is InChI=1S/C20H28Cl2N2O3S2/c21-18-6-3-7-19(22)17(18)14-29(26,27)24-11-8-15(9-12-24)20(25)23-10-13-28-16-4-1-2-5-16/h3,6-7,15-16H,1-2,4-5,8-14H2,(H,23,25). The molecule has 0 radical (unpaired) electrons. The highest BCUT2D eigenvalue weighted by molar-refractivity contribution is 7.99. The molecule has 0 bridgehead atoms. The Balaban J connectivity index is 1.43. The first kappa shape index (κ1) is 23.2. The van der Waals surface area contributed by atoms with Gasteiger partial charge in [-0.2, -0.15) is 11.8 Å². The Morgan fingerprint density at radius 1 is 1.10 bits per heavy atom. The number of benzene rings is 1. The molecule has 0 atom stereocenters. The molecule has 1 amide bonds. The van der Waals surface area contributed by atoms with E-state index in [2.05, 4.69) is 5.32 Å². The van der Waals surface area contributed by atoms with E-state index in [1.165, 1.54) is 30.0 Å². The molecule has 0 unspecified atom stereocenters. The Morgan fingerprint density at radius 2 is 1.72 bits per heavy atom. The van der Waals surface area contributed by atoms with E-state index in [0.29, 0.717) is 48.1 Å². The minimum atomic E-state index is -3.53. The molecule has 29 heavy (non-hydrogen) atoms. The minimum Gasteiger partial charge on any atom is -0.355 e. The molecule has 2 aliphatic rings. The smallest absolute Gasteiger partial charge is 0.223 e. The number of carbonyl (C=O) groups excluding carboxylic acids is 1. The summed E-state index contributed by atoms with van der Waals surface area (Å²) in [6.45, 7) is 1.38. The van der Waals surface area contributed by atoms with Crippen molar-refractivity contribution in [1.82, 2.24) is 9.62 Å². The Kier molecular flexibility index (Phi) is 8.57. The largest absolute Gasteiger partial charge is 0.355 e. The fourth-order valence-corrected chi connectivity index (χ4v) is 7.47. The van der Waals surface area contributed by atoms with Crippen molar-refractivity contribution in [3.8, 4) is 0 Å². The van der Waals surface area contributed by atoms with Gasteiger partial charge in [-0.1, -0.05) is 42.1 Å². The lowest BCUT2D eigenvalue weighted by Crippen LogP contribution is -2.43. The molecule has 1 heterocycles. The third-order valence-corrected chi connectivity index (χ3v) is 9.56. The summed E-state index contributed by atoms with van der Waals surface area (Å²) >= 11 is 14.2. The average Bonchev–Trinajstić information content (AvgIpc) is 3.22. The average molecular weight is 479 g/mol. The maximum atomic E-state index is 12.8. The highest BCUT2D eigenvalue weighted by atomic mass is 35.5. The predicted molar refractivity (Wildman–Crippen MR) is 121 cm³/mol. The molecule has 0 spiro atoms. The summed E-state index contributed by atoms with van der Waals surface area (Å²) in [5.41, 5.74) is 0.426. The van der Waals surface area contributed by atoms with Crippen LogP contribution < -0.4 is 5.32 Å². The summed E-state index contributed by atoms with van der Waals surface area (Å²) in [5.74, 6) is 0.647. The van der Waals surface area contributed by atoms with Crippen LogP contribution in [0.5, 0.6) is 0 Å². The van der Waals surface area contributed by atoms with Gasteiger partial charge in [-0.25, -0.2) is 12.7 Å². The molecule has 1 aromatic rings. The van der Waals surface area contributed by atoms with Crippen molar-refractivity contribution < 1.29 is 13.2 Å². The maximum absolute atomic E-state index is 12.8. The van der Waals surface area contributed by atoms with Gasteiger partial charge in [0.2, 0.25) is 15.9 Å². The van der Waals surface area contributed by atoms with Crippen LogP contribution in [-0.2, 0) is 20.6 Å². The van der Waals surface area contributed by atoms with Crippen molar-refractivity contribution >= 4 is 50.9 Å². The molecular weight excluding hydrogens is 451 g/mol. The SMILES string of the molecule is O=C(NCCSC1CCCC1)C1CCN(S(=O)(=O)Cc2c(Cl)cccc2Cl)CC1. The lowest BCUT2D eigenvalue weighted by molar-refractivity contribution is -0.125. The normalized spacial score (nSPS) is 19.5. The molecular formula is C20H28Cl2N2O3S2. The van der Waals surface area contributed by atoms with Gasteiger partial charge in [0.1, 0.15) is 0 Å². The second kappa shape index (κ2) is 10.7. The number of hydrogen-bond acceptors (Lipinski definition) is 4. The van der Waals surface area contributed by atoms with E-state index in [9.17, 15) is 13.2 Å². The van der Waals surface area contributed by atoms with Crippen molar-refractivity contribution in [1.29, 1.82) is 0 Å². The molecule has 1 saturated heterocycles. The number of nitrogens with zero attached hydrogens (tertiary/aromatic N) is 1. The Morgan fingerprint density at radius 3 is 2.34 bits per heavy atom. The maximum Gasteiger partial charge on any atom is 0.223 e. The number of nitrogens with one attached hydrogen (secondary N) is 1. The summed E-state index contributed by atoms with van der Waals surface area (Å²) in [4.78, 5) is 12.4. The fraction of sp³-hybridized carbons (Fsp3) is 0.650. The molecule has 2 fully saturated rings. The van der Waals surface area contributed by atoms with Crippen LogP contribution >= 0.6 is 35.0 Å². The van der Waals surface area contributed by atoms with E-state index >= 15 is 0 Å². The summed E-state index contributed by atoms with van der Waals surface area (Å²) in [5, 5.41) is 4.48. The van der Waals surface area contributed by atoms with Crippen LogP contribution in [0.2, 0.25) is 10.0 Å². The highest BCUT2D eigenvalue weighted by Gasteiger charge is 2.31. The van der Waals surface area contributed by atoms with Gasteiger partial charge in [-0.3, -0.25) is 4.79 Å². The number of amides is 1. The summed E-state index contributed by atoms with van der Waals surface area (Å²) in [6.07, 6.45) is 6.33. The monoisotopic (exact) mass is 478 g/mol. The first-order valence-corrected chi connectivity index (χ1v) is 13.6. The van der Waals surface area contributed by atoms with Crippen molar-refractivity contribution in [3.63, 3.8) is 0 Å². The van der Waals surface area contributed by atoms with Crippen LogP contribution in [0.1, 0.15) is 44.1 Å². The number of piperidine rings is 1. The fourth-order valence-electron chi connectivity index (χ4n) is 3.94. The van der Waals surface area contributed by atoms with E-state index < -0.39 is 10.0 Å². The molecule has 1 N–H and O–H groups in total. The number of carbonyl (C=O) groups is 1. The zero-order chi connectivity index (χ0) is 20.9. The van der Waals surface area contributed by atoms with Gasteiger partial charge in [-0.15, -0.1) is 0 Å². The third-order valence-electron chi connectivity index (χ3n) is 5.66. The molecule has 1 aliphatic carbocycles. The second-order valence-electron chi connectivity index (χ2n) is 7.70. The van der Waals surface area contributed by atoms with E-state index in [0.717, 1.165) is 11.0 Å². The third kappa shape index (κ3) is 6.50. The van der Waals surface area contributed by atoms with Crippen molar-refractivity contribution in [3.05, 3.63) is 33.8 Å². The Hall–Kier alpha value is -0.470. The molecule has 3 rings (SSSR count). The summed E-state index contributed by atoms with van der Waals surface area (Å²) in [6, 6.07) is 4.97. The van der Waals surface area contributed by atoms with Crippen molar-refractivity contribution in [2.75, 3.05) is 25.4 Å². The first-order valence-electron chi connectivity index (χ1n) is 10.2. The van der Waals surface area contributed by atoms with Gasteiger partial charge in [0.25, 0.3) is 0 Å². The summed E-state index contributed by atoms with van der Waals surface area (Å²) < 4.78 is 27.0. The van der Waals surface area contributed by atoms with Crippen molar-refractivity contribution in [2.45, 2.75) is 49.5 Å². The number of halogens is 2. The van der Waals surface area contributed by atoms with Gasteiger partial charge < -0.3 is 5.32 Å². The molecule has 162 valence electrons. The summed E-state index contributed by atoms with van der Waals surface area (Å²) in [7, 11) is -3.53. The highest BCUT2D eigenvalue weighted by Crippen LogP contribution is 2.30. The molecule has 9 heteroatoms. The minimum absolute atomic E-state index is 0.0446. The molecule has 0 aromatic heterocycles. The van der Waals surface area contributed by atoms with E-state index in [-0.39, 0.29) is 17.6 Å². The number of hydrogen-bond donors (Lipinski definition) is 1. The zero-order valence-electron chi connectivity index (χ0n) is 16.4. The van der Waals surface area contributed by atoms with Crippen LogP contribution in [0.15, 0.2) is 18.2 Å². The molecule has 5 nitrogen and oxygen atoms in total. The lowest BCUT2D eigenvalue weighted by Gasteiger charge is -2.30. The van der Waals surface area contributed by atoms with Crippen molar-refractivity contribution in [2.24, 2.45) is 5.92 Å². The zero-order valence-corrected chi connectivity index (χ0v) is 19.6. The number of rotatable bonds is 8. The first-order chi connectivity index (χ1) is 13.9. The van der Waals surface area contributed by atoms with Gasteiger partial charge in [0.05, 0.1) is 5.75 Å². The molecule has 1 saturated carbocycles. The second-order valence-corrected chi connectivity index (χ2v) is 11.9. The molecule has 1 aliphatic heterocycles. The number of thioether (sulfide) groups is 1. The van der Waals surface area contributed by atoms with Gasteiger partial charge in [0.15, 0.2) is 0 Å². The Labute approximate surface area is 187 Å². The van der Waals surface area contributed by atoms with Gasteiger partial charge in [0, 0.05) is 52.2 Å². The lowest BCUT2D eigenvalue weighted by atomic mass is 9.97.